The number of alkyl halides is 3. The maximum Gasteiger partial charge on any atom is 0.416 e. The quantitative estimate of drug-likeness (QED) is 0.799. The number of piperidine rings is 1. The van der Waals surface area contributed by atoms with Crippen molar-refractivity contribution in [2.75, 3.05) is 19.6 Å². The molecule has 2 unspecified atom stereocenters. The van der Waals surface area contributed by atoms with Crippen LogP contribution in [0.5, 0.6) is 0 Å². The number of hydrogen-bond donors (Lipinski definition) is 1. The van der Waals surface area contributed by atoms with Crippen molar-refractivity contribution in [3.8, 4) is 0 Å². The Balaban J connectivity index is 0.00000210. The van der Waals surface area contributed by atoms with Gasteiger partial charge >= 0.3 is 6.18 Å². The van der Waals surface area contributed by atoms with Gasteiger partial charge in [-0.05, 0) is 62.1 Å². The third-order valence-corrected chi connectivity index (χ3v) is 5.95. The highest BCUT2D eigenvalue weighted by atomic mass is 35.5. The minimum absolute atomic E-state index is 0. The molecule has 1 saturated heterocycles. The van der Waals surface area contributed by atoms with E-state index < -0.39 is 11.7 Å². The predicted octanol–water partition coefficient (Wildman–Crippen LogP) is 4.22. The molecule has 0 bridgehead atoms. The van der Waals surface area contributed by atoms with Crippen LogP contribution in [0.15, 0.2) is 24.3 Å². The van der Waals surface area contributed by atoms with Crippen LogP contribution in [0.1, 0.15) is 49.1 Å². The Kier molecular flexibility index (Phi) is 6.06. The van der Waals surface area contributed by atoms with E-state index in [4.69, 9.17) is 0 Å². The molecule has 1 heterocycles. The molecule has 1 amide bonds. The number of halogens is 4. The first-order chi connectivity index (χ1) is 12.4. The van der Waals surface area contributed by atoms with Crippen molar-refractivity contribution in [1.29, 1.82) is 0 Å². The highest BCUT2D eigenvalue weighted by molar-refractivity contribution is 5.85. The van der Waals surface area contributed by atoms with Crippen LogP contribution in [0.4, 0.5) is 13.2 Å². The Bertz CT molecular complexity index is 669. The lowest BCUT2D eigenvalue weighted by atomic mass is 10.0. The number of amides is 1. The van der Waals surface area contributed by atoms with Crippen molar-refractivity contribution in [2.24, 2.45) is 11.8 Å². The largest absolute Gasteiger partial charge is 0.416 e. The minimum atomic E-state index is -4.33. The van der Waals surface area contributed by atoms with Crippen LogP contribution in [0.25, 0.3) is 0 Å². The van der Waals surface area contributed by atoms with E-state index in [9.17, 15) is 18.0 Å². The average Bonchev–Trinajstić information content (AvgIpc) is 3.54. The number of likely N-dealkylation sites (tertiary alicyclic amines) is 1. The summed E-state index contributed by atoms with van der Waals surface area (Å²) < 4.78 is 38.6. The van der Waals surface area contributed by atoms with Crippen LogP contribution >= 0.6 is 12.4 Å². The summed E-state index contributed by atoms with van der Waals surface area (Å²) in [5.74, 6) is 0.771. The fraction of sp³-hybridized carbons (Fsp3) is 0.650. The standard InChI is InChI=1S/C20H25F3N2O.ClH/c21-20(22,23)15-3-1-2-14(10-15)17-11-18(17)19(26)25-8-6-16(7-9-25)24-12-13-4-5-13;/h1-3,10,13,16-18,24H,4-9,11-12H2;1H. The predicted molar refractivity (Wildman–Crippen MR) is 99.9 cm³/mol. The van der Waals surface area contributed by atoms with Crippen LogP contribution in [-0.2, 0) is 11.0 Å². The van der Waals surface area contributed by atoms with Gasteiger partial charge in [0.1, 0.15) is 0 Å². The van der Waals surface area contributed by atoms with E-state index in [1.807, 2.05) is 4.90 Å². The first kappa shape index (κ1) is 20.5. The van der Waals surface area contributed by atoms with Gasteiger partial charge in [-0.1, -0.05) is 18.2 Å². The molecule has 3 fully saturated rings. The monoisotopic (exact) mass is 402 g/mol. The second kappa shape index (κ2) is 8.00. The van der Waals surface area contributed by atoms with Crippen molar-refractivity contribution >= 4 is 18.3 Å². The number of nitrogens with zero attached hydrogens (tertiary/aromatic N) is 1. The van der Waals surface area contributed by atoms with Crippen molar-refractivity contribution < 1.29 is 18.0 Å². The summed E-state index contributed by atoms with van der Waals surface area (Å²) >= 11 is 0. The average molecular weight is 403 g/mol. The molecule has 1 aromatic carbocycles. The molecule has 3 nitrogen and oxygen atoms in total. The van der Waals surface area contributed by atoms with Gasteiger partial charge in [0.15, 0.2) is 0 Å². The van der Waals surface area contributed by atoms with Crippen LogP contribution in [0.2, 0.25) is 0 Å². The summed E-state index contributed by atoms with van der Waals surface area (Å²) in [5, 5.41) is 3.60. The molecule has 2 atom stereocenters. The lowest BCUT2D eigenvalue weighted by molar-refractivity contribution is -0.137. The molecular weight excluding hydrogens is 377 g/mol. The summed E-state index contributed by atoms with van der Waals surface area (Å²) in [6.45, 7) is 2.61. The smallest absolute Gasteiger partial charge is 0.342 e. The summed E-state index contributed by atoms with van der Waals surface area (Å²) in [7, 11) is 0. The van der Waals surface area contributed by atoms with Gasteiger partial charge in [0, 0.05) is 25.0 Å². The molecule has 27 heavy (non-hydrogen) atoms. The first-order valence-corrected chi connectivity index (χ1v) is 9.61. The highest BCUT2D eigenvalue weighted by Gasteiger charge is 2.46. The van der Waals surface area contributed by atoms with E-state index in [0.717, 1.165) is 44.5 Å². The fourth-order valence-corrected chi connectivity index (χ4v) is 3.98. The number of carbonyl (C=O) groups excluding carboxylic acids is 1. The molecular formula is C20H26ClF3N2O. The van der Waals surface area contributed by atoms with E-state index in [1.54, 1.807) is 6.07 Å². The summed E-state index contributed by atoms with van der Waals surface area (Å²) in [6, 6.07) is 5.93. The SMILES string of the molecule is Cl.O=C(C1CC1c1cccc(C(F)(F)F)c1)N1CCC(NCC2CC2)CC1. The van der Waals surface area contributed by atoms with E-state index in [2.05, 4.69) is 5.32 Å². The molecule has 0 aromatic heterocycles. The molecule has 1 aromatic rings. The second-order valence-corrected chi connectivity index (χ2v) is 8.02. The Morgan fingerprint density at radius 3 is 2.48 bits per heavy atom. The maximum atomic E-state index is 12.9. The fourth-order valence-electron chi connectivity index (χ4n) is 3.98. The summed E-state index contributed by atoms with van der Waals surface area (Å²) in [4.78, 5) is 14.6. The number of rotatable bonds is 5. The maximum absolute atomic E-state index is 12.9. The van der Waals surface area contributed by atoms with Gasteiger partial charge in [0.2, 0.25) is 5.91 Å². The summed E-state index contributed by atoms with van der Waals surface area (Å²) in [5.41, 5.74) is 0.00908. The lowest BCUT2D eigenvalue weighted by Gasteiger charge is -2.33. The molecule has 2 aliphatic carbocycles. The molecule has 1 N–H and O–H groups in total. The first-order valence-electron chi connectivity index (χ1n) is 9.61. The van der Waals surface area contributed by atoms with Gasteiger partial charge in [-0.3, -0.25) is 4.79 Å². The second-order valence-electron chi connectivity index (χ2n) is 8.02. The third kappa shape index (κ3) is 4.96. The molecule has 4 rings (SSSR count). The molecule has 3 aliphatic rings. The van der Waals surface area contributed by atoms with Crippen LogP contribution < -0.4 is 5.32 Å². The normalized spacial score (nSPS) is 25.8. The van der Waals surface area contributed by atoms with E-state index in [0.29, 0.717) is 18.0 Å². The van der Waals surface area contributed by atoms with Crippen LogP contribution in [0, 0.1) is 11.8 Å². The summed E-state index contributed by atoms with van der Waals surface area (Å²) in [6.07, 6.45) is 0.949. The minimum Gasteiger partial charge on any atom is -0.342 e. The molecule has 1 aliphatic heterocycles. The zero-order valence-corrected chi connectivity index (χ0v) is 16.0. The topological polar surface area (TPSA) is 32.3 Å². The van der Waals surface area contributed by atoms with Crippen molar-refractivity contribution in [3.63, 3.8) is 0 Å². The lowest BCUT2D eigenvalue weighted by Crippen LogP contribution is -2.46. The number of carbonyl (C=O) groups is 1. The molecule has 7 heteroatoms. The van der Waals surface area contributed by atoms with E-state index in [1.165, 1.54) is 25.0 Å². The Labute approximate surface area is 164 Å². The van der Waals surface area contributed by atoms with Crippen molar-refractivity contribution in [1.82, 2.24) is 10.2 Å². The van der Waals surface area contributed by atoms with Gasteiger partial charge < -0.3 is 10.2 Å². The molecule has 150 valence electrons. The van der Waals surface area contributed by atoms with E-state index in [-0.39, 0.29) is 30.2 Å². The van der Waals surface area contributed by atoms with Crippen LogP contribution in [0.3, 0.4) is 0 Å². The Hall–Kier alpha value is -1.27. The number of nitrogens with one attached hydrogen (secondary N) is 1. The zero-order chi connectivity index (χ0) is 18.3. The number of benzene rings is 1. The van der Waals surface area contributed by atoms with Gasteiger partial charge in [0.05, 0.1) is 5.56 Å². The van der Waals surface area contributed by atoms with Crippen LogP contribution in [-0.4, -0.2) is 36.5 Å². The Morgan fingerprint density at radius 2 is 1.85 bits per heavy atom. The van der Waals surface area contributed by atoms with Crippen molar-refractivity contribution in [3.05, 3.63) is 35.4 Å². The van der Waals surface area contributed by atoms with Gasteiger partial charge in [-0.2, -0.15) is 13.2 Å². The third-order valence-electron chi connectivity index (χ3n) is 5.95. The van der Waals surface area contributed by atoms with Gasteiger partial charge in [-0.15, -0.1) is 12.4 Å². The molecule has 0 spiro atoms. The van der Waals surface area contributed by atoms with Gasteiger partial charge in [-0.25, -0.2) is 0 Å². The molecule has 2 saturated carbocycles. The van der Waals surface area contributed by atoms with Crippen molar-refractivity contribution in [2.45, 2.75) is 50.2 Å². The number of hydrogen-bond acceptors (Lipinski definition) is 2. The zero-order valence-electron chi connectivity index (χ0n) is 15.2. The van der Waals surface area contributed by atoms with Gasteiger partial charge in [0.25, 0.3) is 0 Å². The highest BCUT2D eigenvalue weighted by Crippen LogP contribution is 2.49. The Morgan fingerprint density at radius 1 is 1.15 bits per heavy atom. The molecule has 0 radical (unpaired) electrons. The van der Waals surface area contributed by atoms with E-state index >= 15 is 0 Å².